The van der Waals surface area contributed by atoms with Gasteiger partial charge in [0.1, 0.15) is 11.5 Å². The minimum Gasteiger partial charge on any atom is -0.463 e. The molecule has 3 rings (SSSR count). The lowest BCUT2D eigenvalue weighted by atomic mass is 10.00. The number of nitrogens with zero attached hydrogens (tertiary/aromatic N) is 2. The van der Waals surface area contributed by atoms with Gasteiger partial charge in [-0.05, 0) is 52.3 Å². The summed E-state index contributed by atoms with van der Waals surface area (Å²) in [5, 5.41) is 3.54. The third kappa shape index (κ3) is 3.68. The zero-order valence-corrected chi connectivity index (χ0v) is 13.9. The summed E-state index contributed by atoms with van der Waals surface area (Å²) in [6.07, 6.45) is 2.64. The molecule has 1 aromatic rings. The Morgan fingerprint density at radius 1 is 1.33 bits per heavy atom. The van der Waals surface area contributed by atoms with Crippen molar-refractivity contribution in [1.29, 1.82) is 0 Å². The zero-order valence-electron chi connectivity index (χ0n) is 13.9. The van der Waals surface area contributed by atoms with Crippen LogP contribution in [0.25, 0.3) is 0 Å². The van der Waals surface area contributed by atoms with Crippen LogP contribution in [0.3, 0.4) is 0 Å². The number of nitrogens with one attached hydrogen (secondary N) is 1. The minimum atomic E-state index is 0.246. The van der Waals surface area contributed by atoms with Crippen LogP contribution in [0.2, 0.25) is 0 Å². The van der Waals surface area contributed by atoms with Crippen LogP contribution >= 0.6 is 0 Å². The molecule has 0 radical (unpaired) electrons. The molecule has 1 saturated carbocycles. The molecule has 4 heteroatoms. The number of aryl methyl sites for hydroxylation is 1. The van der Waals surface area contributed by atoms with Gasteiger partial charge in [0.25, 0.3) is 0 Å². The fourth-order valence-corrected chi connectivity index (χ4v) is 3.06. The van der Waals surface area contributed by atoms with Crippen LogP contribution in [0, 0.1) is 6.92 Å². The van der Waals surface area contributed by atoms with Gasteiger partial charge in [-0.1, -0.05) is 0 Å². The van der Waals surface area contributed by atoms with Crippen molar-refractivity contribution < 1.29 is 4.42 Å². The lowest BCUT2D eigenvalue weighted by Gasteiger charge is -2.45. The maximum absolute atomic E-state index is 6.07. The highest BCUT2D eigenvalue weighted by Gasteiger charge is 2.31. The number of hydrogen-bond donors (Lipinski definition) is 1. The van der Waals surface area contributed by atoms with Gasteiger partial charge in [-0.15, -0.1) is 0 Å². The van der Waals surface area contributed by atoms with E-state index in [2.05, 4.69) is 49.0 Å². The van der Waals surface area contributed by atoms with E-state index in [0.29, 0.717) is 0 Å². The average molecular weight is 291 g/mol. The maximum atomic E-state index is 6.07. The van der Waals surface area contributed by atoms with E-state index in [0.717, 1.165) is 50.3 Å². The second-order valence-corrected chi connectivity index (χ2v) is 7.42. The van der Waals surface area contributed by atoms with Gasteiger partial charge < -0.3 is 9.73 Å². The highest BCUT2D eigenvalue weighted by atomic mass is 16.3. The third-order valence-electron chi connectivity index (χ3n) is 4.98. The number of likely N-dealkylation sites (N-methyl/N-ethyl adjacent to an activating group) is 1. The van der Waals surface area contributed by atoms with E-state index in [1.165, 1.54) is 18.4 Å². The Balaban J connectivity index is 1.58. The van der Waals surface area contributed by atoms with E-state index in [1.807, 2.05) is 0 Å². The molecular weight excluding hydrogens is 262 g/mol. The van der Waals surface area contributed by atoms with Gasteiger partial charge in [0.2, 0.25) is 0 Å². The van der Waals surface area contributed by atoms with Crippen LogP contribution in [0.1, 0.15) is 43.8 Å². The van der Waals surface area contributed by atoms with Crippen molar-refractivity contribution in [3.63, 3.8) is 0 Å². The molecule has 1 saturated heterocycles. The SMILES string of the molecule is Cc1cc(CN2CCN(C)C(C)(C)C2)oc1CNC1CC1. The summed E-state index contributed by atoms with van der Waals surface area (Å²) in [5.74, 6) is 2.23. The van der Waals surface area contributed by atoms with Gasteiger partial charge in [0.15, 0.2) is 0 Å². The smallest absolute Gasteiger partial charge is 0.120 e. The van der Waals surface area contributed by atoms with E-state index in [1.54, 1.807) is 0 Å². The lowest BCUT2D eigenvalue weighted by Crippen LogP contribution is -2.57. The largest absolute Gasteiger partial charge is 0.463 e. The number of furan rings is 1. The van der Waals surface area contributed by atoms with Crippen molar-refractivity contribution in [2.45, 2.75) is 58.3 Å². The molecule has 0 aromatic carbocycles. The highest BCUT2D eigenvalue weighted by molar-refractivity contribution is 5.20. The van der Waals surface area contributed by atoms with Crippen LogP contribution in [0.4, 0.5) is 0 Å². The molecule has 2 heterocycles. The topological polar surface area (TPSA) is 31.6 Å². The Bertz CT molecular complexity index is 490. The summed E-state index contributed by atoms with van der Waals surface area (Å²) in [7, 11) is 2.22. The Morgan fingerprint density at radius 2 is 2.10 bits per heavy atom. The third-order valence-corrected chi connectivity index (χ3v) is 4.98. The van der Waals surface area contributed by atoms with Crippen LogP contribution in [0.15, 0.2) is 10.5 Å². The fraction of sp³-hybridized carbons (Fsp3) is 0.765. The molecule has 1 aliphatic carbocycles. The molecule has 118 valence electrons. The second kappa shape index (κ2) is 5.75. The van der Waals surface area contributed by atoms with Gasteiger partial charge in [0, 0.05) is 31.2 Å². The van der Waals surface area contributed by atoms with Gasteiger partial charge in [-0.3, -0.25) is 9.80 Å². The molecule has 4 nitrogen and oxygen atoms in total. The highest BCUT2D eigenvalue weighted by Crippen LogP contribution is 2.24. The van der Waals surface area contributed by atoms with Crippen molar-refractivity contribution >= 4 is 0 Å². The predicted octanol–water partition coefficient (Wildman–Crippen LogP) is 2.37. The van der Waals surface area contributed by atoms with Crippen molar-refractivity contribution in [3.05, 3.63) is 23.2 Å². The quantitative estimate of drug-likeness (QED) is 0.902. The first-order valence-electron chi connectivity index (χ1n) is 8.19. The normalized spacial score (nSPS) is 23.6. The van der Waals surface area contributed by atoms with Crippen molar-refractivity contribution in [2.75, 3.05) is 26.7 Å². The van der Waals surface area contributed by atoms with Gasteiger partial charge in [-0.2, -0.15) is 0 Å². The zero-order chi connectivity index (χ0) is 15.0. The van der Waals surface area contributed by atoms with E-state index < -0.39 is 0 Å². The molecule has 0 amide bonds. The fourth-order valence-electron chi connectivity index (χ4n) is 3.06. The summed E-state index contributed by atoms with van der Waals surface area (Å²) < 4.78 is 6.07. The van der Waals surface area contributed by atoms with Crippen LogP contribution in [0.5, 0.6) is 0 Å². The van der Waals surface area contributed by atoms with Crippen LogP contribution in [-0.4, -0.2) is 48.1 Å². The average Bonchev–Trinajstić information content (AvgIpc) is 3.16. The van der Waals surface area contributed by atoms with Crippen molar-refractivity contribution in [2.24, 2.45) is 0 Å². The minimum absolute atomic E-state index is 0.246. The summed E-state index contributed by atoms with van der Waals surface area (Å²) >= 11 is 0. The predicted molar refractivity (Wildman–Crippen MR) is 85.3 cm³/mol. The van der Waals surface area contributed by atoms with E-state index in [-0.39, 0.29) is 5.54 Å². The monoisotopic (exact) mass is 291 g/mol. The molecule has 0 spiro atoms. The van der Waals surface area contributed by atoms with Crippen molar-refractivity contribution in [1.82, 2.24) is 15.1 Å². The maximum Gasteiger partial charge on any atom is 0.120 e. The number of hydrogen-bond acceptors (Lipinski definition) is 4. The van der Waals surface area contributed by atoms with Crippen molar-refractivity contribution in [3.8, 4) is 0 Å². The van der Waals surface area contributed by atoms with Gasteiger partial charge >= 0.3 is 0 Å². The molecule has 21 heavy (non-hydrogen) atoms. The van der Waals surface area contributed by atoms with Crippen LogP contribution in [-0.2, 0) is 13.1 Å². The summed E-state index contributed by atoms with van der Waals surface area (Å²) in [5.41, 5.74) is 1.53. The first-order valence-corrected chi connectivity index (χ1v) is 8.19. The van der Waals surface area contributed by atoms with E-state index in [4.69, 9.17) is 4.42 Å². The second-order valence-electron chi connectivity index (χ2n) is 7.42. The first-order chi connectivity index (χ1) is 9.94. The summed E-state index contributed by atoms with van der Waals surface area (Å²) in [4.78, 5) is 4.96. The van der Waals surface area contributed by atoms with Gasteiger partial charge in [0.05, 0.1) is 13.1 Å². The Labute approximate surface area is 128 Å². The molecular formula is C17H29N3O. The molecule has 0 atom stereocenters. The standard InChI is InChI=1S/C17H29N3O/c1-13-9-15(21-16(13)10-18-14-5-6-14)11-20-8-7-19(4)17(2,3)12-20/h9,14,18H,5-8,10-12H2,1-4H3. The lowest BCUT2D eigenvalue weighted by molar-refractivity contribution is 0.0326. The molecule has 0 unspecified atom stereocenters. The number of piperazine rings is 1. The Hall–Kier alpha value is -0.840. The molecule has 0 bridgehead atoms. The summed E-state index contributed by atoms with van der Waals surface area (Å²) in [6.45, 7) is 11.9. The Morgan fingerprint density at radius 3 is 2.76 bits per heavy atom. The molecule has 2 aliphatic rings. The summed E-state index contributed by atoms with van der Waals surface area (Å²) in [6, 6.07) is 2.95. The Kier molecular flexibility index (Phi) is 4.12. The first kappa shape index (κ1) is 15.1. The molecule has 1 N–H and O–H groups in total. The molecule has 2 fully saturated rings. The number of rotatable bonds is 5. The van der Waals surface area contributed by atoms with E-state index in [9.17, 15) is 0 Å². The van der Waals surface area contributed by atoms with Gasteiger partial charge in [-0.25, -0.2) is 0 Å². The van der Waals surface area contributed by atoms with Crippen LogP contribution < -0.4 is 5.32 Å². The molecule has 1 aliphatic heterocycles. The van der Waals surface area contributed by atoms with E-state index >= 15 is 0 Å². The molecule has 1 aromatic heterocycles.